The molecule has 1 saturated heterocycles. The number of anilines is 1. The molecule has 0 radical (unpaired) electrons. The van der Waals surface area contributed by atoms with Crippen LogP contribution in [0.2, 0.25) is 0 Å². The molecule has 2 aromatic rings. The summed E-state index contributed by atoms with van der Waals surface area (Å²) in [5.41, 5.74) is 2.66. The molecule has 1 fully saturated rings. The summed E-state index contributed by atoms with van der Waals surface area (Å²) in [6.45, 7) is 3.45. The third-order valence-electron chi connectivity index (χ3n) is 4.64. The summed E-state index contributed by atoms with van der Waals surface area (Å²) in [6.07, 6.45) is 1.71. The van der Waals surface area contributed by atoms with Crippen molar-refractivity contribution in [2.75, 3.05) is 36.5 Å². The Kier molecular flexibility index (Phi) is 7.09. The first-order valence-electron chi connectivity index (χ1n) is 9.13. The van der Waals surface area contributed by atoms with Crippen LogP contribution in [0, 0.1) is 5.82 Å². The van der Waals surface area contributed by atoms with Crippen molar-refractivity contribution in [3.63, 3.8) is 0 Å². The number of carbonyl (C=O) groups is 1. The van der Waals surface area contributed by atoms with E-state index < -0.39 is 0 Å². The van der Waals surface area contributed by atoms with E-state index in [2.05, 4.69) is 22.3 Å². The van der Waals surface area contributed by atoms with Crippen LogP contribution in [0.4, 0.5) is 10.1 Å². The van der Waals surface area contributed by atoms with E-state index in [9.17, 15) is 9.18 Å². The zero-order chi connectivity index (χ0) is 18.2. The first-order valence-corrected chi connectivity index (χ1v) is 10.3. The zero-order valence-electron chi connectivity index (χ0n) is 14.9. The van der Waals surface area contributed by atoms with Crippen molar-refractivity contribution in [2.45, 2.75) is 19.3 Å². The fourth-order valence-electron chi connectivity index (χ4n) is 3.04. The average molecular weight is 373 g/mol. The van der Waals surface area contributed by atoms with Crippen molar-refractivity contribution in [2.24, 2.45) is 0 Å². The molecule has 2 aromatic carbocycles. The Hall–Kier alpha value is -1.85. The maximum atomic E-state index is 13.6. The summed E-state index contributed by atoms with van der Waals surface area (Å²) >= 11 is 2.03. The largest absolute Gasteiger partial charge is 0.326 e. The minimum absolute atomic E-state index is 0.0909. The van der Waals surface area contributed by atoms with Crippen LogP contribution in [-0.4, -0.2) is 41.9 Å². The Balaban J connectivity index is 1.43. The Labute approximate surface area is 159 Å². The fraction of sp³-hybridized carbons (Fsp3) is 0.381. The van der Waals surface area contributed by atoms with E-state index in [1.165, 1.54) is 36.2 Å². The Bertz CT molecular complexity index is 714. The highest BCUT2D eigenvalue weighted by Gasteiger charge is 2.10. The highest BCUT2D eigenvalue weighted by Crippen LogP contribution is 2.14. The van der Waals surface area contributed by atoms with Gasteiger partial charge in [-0.15, -0.1) is 0 Å². The number of hydrogen-bond donors (Lipinski definition) is 1. The number of halogens is 1. The van der Waals surface area contributed by atoms with E-state index in [0.717, 1.165) is 18.7 Å². The van der Waals surface area contributed by atoms with Crippen LogP contribution in [-0.2, 0) is 17.6 Å². The van der Waals surface area contributed by atoms with Gasteiger partial charge in [0.2, 0.25) is 5.91 Å². The number of thioether (sulfide) groups is 1. The predicted octanol–water partition coefficient (Wildman–Crippen LogP) is 3.99. The van der Waals surface area contributed by atoms with Gasteiger partial charge in [-0.25, -0.2) is 4.39 Å². The number of aryl methyl sites for hydroxylation is 1. The molecule has 3 nitrogen and oxygen atoms in total. The molecule has 0 bridgehead atoms. The molecule has 3 rings (SSSR count). The second-order valence-electron chi connectivity index (χ2n) is 6.54. The van der Waals surface area contributed by atoms with Gasteiger partial charge in [0.05, 0.1) is 0 Å². The number of rotatable bonds is 7. The number of amides is 1. The molecule has 0 aliphatic carbocycles. The van der Waals surface area contributed by atoms with Gasteiger partial charge in [0, 0.05) is 43.2 Å². The van der Waals surface area contributed by atoms with Crippen LogP contribution in [0.3, 0.4) is 0 Å². The molecule has 0 saturated carbocycles. The van der Waals surface area contributed by atoms with Crippen LogP contribution < -0.4 is 5.32 Å². The van der Waals surface area contributed by atoms with Gasteiger partial charge in [0.1, 0.15) is 5.82 Å². The van der Waals surface area contributed by atoms with E-state index in [4.69, 9.17) is 0 Å². The van der Waals surface area contributed by atoms with E-state index in [0.29, 0.717) is 12.0 Å². The molecule has 1 aliphatic rings. The highest BCUT2D eigenvalue weighted by molar-refractivity contribution is 7.99. The van der Waals surface area contributed by atoms with Crippen molar-refractivity contribution >= 4 is 23.4 Å². The van der Waals surface area contributed by atoms with Crippen molar-refractivity contribution in [1.29, 1.82) is 0 Å². The van der Waals surface area contributed by atoms with Gasteiger partial charge in [-0.2, -0.15) is 11.8 Å². The normalized spacial score (nSPS) is 15.0. The van der Waals surface area contributed by atoms with Gasteiger partial charge in [-0.3, -0.25) is 4.79 Å². The van der Waals surface area contributed by atoms with E-state index in [-0.39, 0.29) is 18.1 Å². The smallest absolute Gasteiger partial charge is 0.224 e. The number of carbonyl (C=O) groups excluding carboxylic acids is 1. The lowest BCUT2D eigenvalue weighted by Gasteiger charge is -2.26. The number of hydrogen-bond acceptors (Lipinski definition) is 3. The summed E-state index contributed by atoms with van der Waals surface area (Å²) in [7, 11) is 0. The summed E-state index contributed by atoms with van der Waals surface area (Å²) in [4.78, 5) is 14.6. The quantitative estimate of drug-likeness (QED) is 0.798. The molecule has 1 heterocycles. The minimum Gasteiger partial charge on any atom is -0.326 e. The van der Waals surface area contributed by atoms with Crippen molar-refractivity contribution in [1.82, 2.24) is 4.90 Å². The van der Waals surface area contributed by atoms with E-state index in [1.54, 1.807) is 18.2 Å². The Morgan fingerprint density at radius 3 is 2.50 bits per heavy atom. The standard InChI is InChI=1S/C21H25FN2OS/c22-20-4-2-1-3-18(20)7-10-21(25)23-19-8-5-17(6-9-19)11-12-24-13-15-26-16-14-24/h1-6,8-9H,7,10-16H2,(H,23,25). The summed E-state index contributed by atoms with van der Waals surface area (Å²) in [6, 6.07) is 14.6. The fourth-order valence-corrected chi connectivity index (χ4v) is 4.02. The lowest BCUT2D eigenvalue weighted by Crippen LogP contribution is -2.34. The topological polar surface area (TPSA) is 32.3 Å². The van der Waals surface area contributed by atoms with Crippen LogP contribution in [0.25, 0.3) is 0 Å². The average Bonchev–Trinajstić information content (AvgIpc) is 2.68. The van der Waals surface area contributed by atoms with Crippen molar-refractivity contribution < 1.29 is 9.18 Å². The first-order chi connectivity index (χ1) is 12.7. The van der Waals surface area contributed by atoms with Crippen LogP contribution in [0.5, 0.6) is 0 Å². The maximum absolute atomic E-state index is 13.6. The Morgan fingerprint density at radius 2 is 1.77 bits per heavy atom. The molecule has 5 heteroatoms. The summed E-state index contributed by atoms with van der Waals surface area (Å²) in [5.74, 6) is 2.12. The van der Waals surface area contributed by atoms with Crippen LogP contribution in [0.15, 0.2) is 48.5 Å². The molecule has 26 heavy (non-hydrogen) atoms. The third kappa shape index (κ3) is 5.85. The highest BCUT2D eigenvalue weighted by atomic mass is 32.2. The minimum atomic E-state index is -0.253. The lowest BCUT2D eigenvalue weighted by molar-refractivity contribution is -0.116. The van der Waals surface area contributed by atoms with Gasteiger partial charge >= 0.3 is 0 Å². The van der Waals surface area contributed by atoms with Gasteiger partial charge in [-0.1, -0.05) is 30.3 Å². The third-order valence-corrected chi connectivity index (χ3v) is 5.58. The zero-order valence-corrected chi connectivity index (χ0v) is 15.7. The molecule has 1 N–H and O–H groups in total. The SMILES string of the molecule is O=C(CCc1ccccc1F)Nc1ccc(CCN2CCSCC2)cc1. The summed E-state index contributed by atoms with van der Waals surface area (Å²) in [5, 5.41) is 2.89. The predicted molar refractivity (Wildman–Crippen MR) is 107 cm³/mol. The van der Waals surface area contributed by atoms with Gasteiger partial charge in [0.25, 0.3) is 0 Å². The molecule has 1 amide bonds. The van der Waals surface area contributed by atoms with E-state index >= 15 is 0 Å². The molecule has 0 spiro atoms. The number of nitrogens with one attached hydrogen (secondary N) is 1. The van der Waals surface area contributed by atoms with Gasteiger partial charge in [0.15, 0.2) is 0 Å². The van der Waals surface area contributed by atoms with Crippen molar-refractivity contribution in [3.8, 4) is 0 Å². The molecular weight excluding hydrogens is 347 g/mol. The first kappa shape index (κ1) is 18.9. The number of benzene rings is 2. The molecule has 0 unspecified atom stereocenters. The molecule has 138 valence electrons. The van der Waals surface area contributed by atoms with Crippen molar-refractivity contribution in [3.05, 3.63) is 65.5 Å². The summed E-state index contributed by atoms with van der Waals surface area (Å²) < 4.78 is 13.6. The lowest BCUT2D eigenvalue weighted by atomic mass is 10.1. The molecule has 0 atom stereocenters. The monoisotopic (exact) mass is 372 g/mol. The second-order valence-corrected chi connectivity index (χ2v) is 7.77. The van der Waals surface area contributed by atoms with Crippen LogP contribution >= 0.6 is 11.8 Å². The second kappa shape index (κ2) is 9.74. The Morgan fingerprint density at radius 1 is 1.04 bits per heavy atom. The van der Waals surface area contributed by atoms with Crippen LogP contribution in [0.1, 0.15) is 17.5 Å². The number of nitrogens with zero attached hydrogens (tertiary/aromatic N) is 1. The molecular formula is C21H25FN2OS. The van der Waals surface area contributed by atoms with Gasteiger partial charge in [-0.05, 0) is 42.2 Å². The van der Waals surface area contributed by atoms with Gasteiger partial charge < -0.3 is 10.2 Å². The maximum Gasteiger partial charge on any atom is 0.224 e. The molecule has 0 aromatic heterocycles. The van der Waals surface area contributed by atoms with E-state index in [1.807, 2.05) is 23.9 Å². The molecule has 1 aliphatic heterocycles.